The lowest BCUT2D eigenvalue weighted by atomic mass is 10.1. The molecular weight excluding hydrogens is 666 g/mol. The predicted octanol–water partition coefficient (Wildman–Crippen LogP) is 4.16. The summed E-state index contributed by atoms with van der Waals surface area (Å²) in [6.07, 6.45) is 4.71. The van der Waals surface area contributed by atoms with Crippen LogP contribution in [0.15, 0.2) is 36.4 Å². The fourth-order valence-electron chi connectivity index (χ4n) is 3.66. The van der Waals surface area contributed by atoms with Crippen LogP contribution >= 0.6 is 45.2 Å². The van der Waals surface area contributed by atoms with Crippen LogP contribution in [0.4, 0.5) is 0 Å². The summed E-state index contributed by atoms with van der Waals surface area (Å²) in [5.41, 5.74) is 2.62. The number of benzene rings is 2. The number of methoxy groups -OCH3 is 2. The van der Waals surface area contributed by atoms with Crippen LogP contribution in [0.5, 0.6) is 11.5 Å². The number of aliphatic hydroxyl groups is 2. The minimum Gasteiger partial charge on any atom is -0.496 e. The van der Waals surface area contributed by atoms with Gasteiger partial charge in [-0.2, -0.15) is 0 Å². The highest BCUT2D eigenvalue weighted by Gasteiger charge is 2.15. The summed E-state index contributed by atoms with van der Waals surface area (Å²) in [4.78, 5) is 0. The summed E-state index contributed by atoms with van der Waals surface area (Å²) >= 11 is 4.59. The standard InChI is InChI=1S/C26H38I2N2O4/c1-33-25-11-9-19(15-21(25)27)7-3-5-13-29-17-23(31)24(32)18-30-14-6-4-8-20-10-12-26(34-2)22(28)16-20/h9-12,15-16,23-24,29-32H,3-8,13-14,17-18H2,1-2H3/t23-,24-/m0/s1/i27+4,28+4. The highest BCUT2D eigenvalue weighted by atomic mass is 131. The quantitative estimate of drug-likeness (QED) is 0.147. The minimum absolute atomic E-state index is 0.402. The first-order valence-electron chi connectivity index (χ1n) is 11.9. The van der Waals surface area contributed by atoms with Crippen molar-refractivity contribution in [1.82, 2.24) is 10.6 Å². The van der Waals surface area contributed by atoms with Crippen molar-refractivity contribution in [3.8, 4) is 11.5 Å². The maximum atomic E-state index is 10.2. The molecule has 0 aliphatic carbocycles. The topological polar surface area (TPSA) is 83.0 Å². The predicted molar refractivity (Wildman–Crippen MR) is 155 cm³/mol. The van der Waals surface area contributed by atoms with E-state index in [0.717, 1.165) is 70.3 Å². The Morgan fingerprint density at radius 3 is 1.47 bits per heavy atom. The molecule has 0 saturated heterocycles. The number of rotatable bonds is 17. The molecule has 0 radical (unpaired) electrons. The molecule has 4 N–H and O–H groups in total. The Morgan fingerprint density at radius 2 is 1.12 bits per heavy atom. The van der Waals surface area contributed by atoms with Crippen LogP contribution in [-0.2, 0) is 12.8 Å². The molecule has 8 heteroatoms. The molecular formula is C26H38I2N2O4. The van der Waals surface area contributed by atoms with Crippen LogP contribution in [0.2, 0.25) is 0 Å². The third kappa shape index (κ3) is 10.9. The van der Waals surface area contributed by atoms with Crippen molar-refractivity contribution >= 4 is 45.2 Å². The van der Waals surface area contributed by atoms with Gasteiger partial charge in [0.25, 0.3) is 0 Å². The number of ether oxygens (including phenoxy) is 2. The summed E-state index contributed by atoms with van der Waals surface area (Å²) in [5.74, 6) is 1.83. The lowest BCUT2D eigenvalue weighted by molar-refractivity contribution is 0.0210. The summed E-state index contributed by atoms with van der Waals surface area (Å²) in [7, 11) is 3.38. The van der Waals surface area contributed by atoms with E-state index in [1.165, 1.54) is 11.1 Å². The highest BCUT2D eigenvalue weighted by molar-refractivity contribution is 14.1. The first-order chi connectivity index (χ1) is 16.4. The fourth-order valence-corrected chi connectivity index (χ4v) is 5.26. The lowest BCUT2D eigenvalue weighted by Crippen LogP contribution is -2.42. The molecule has 2 rings (SSSR count). The van der Waals surface area contributed by atoms with Crippen LogP contribution in [0, 0.1) is 7.14 Å². The van der Waals surface area contributed by atoms with Crippen LogP contribution < -0.4 is 20.1 Å². The van der Waals surface area contributed by atoms with Gasteiger partial charge >= 0.3 is 0 Å². The van der Waals surface area contributed by atoms with Gasteiger partial charge in [0.05, 0.1) is 33.6 Å². The van der Waals surface area contributed by atoms with E-state index < -0.39 is 12.2 Å². The summed E-state index contributed by atoms with van der Waals surface area (Å²) in [6.45, 7) is 2.46. The van der Waals surface area contributed by atoms with E-state index in [1.54, 1.807) is 14.2 Å². The normalized spacial score (nSPS) is 13.0. The van der Waals surface area contributed by atoms with Gasteiger partial charge < -0.3 is 30.3 Å². The van der Waals surface area contributed by atoms with Crippen molar-refractivity contribution in [3.05, 3.63) is 54.7 Å². The number of halogens is 2. The SMILES string of the molecule is COc1ccc(CCCCNC[C@H](O)[C@@H](O)CNCCCCc2ccc(OC)c([131I])c2)cc1[131I]. The maximum absolute atomic E-state index is 10.2. The van der Waals surface area contributed by atoms with Gasteiger partial charge in [-0.15, -0.1) is 0 Å². The van der Waals surface area contributed by atoms with E-state index in [0.29, 0.717) is 13.1 Å². The van der Waals surface area contributed by atoms with Gasteiger partial charge in [-0.1, -0.05) is 12.1 Å². The summed E-state index contributed by atoms with van der Waals surface area (Å²) in [5, 5.41) is 26.9. The second kappa shape index (κ2) is 16.9. The van der Waals surface area contributed by atoms with Gasteiger partial charge in [-0.25, -0.2) is 0 Å². The molecule has 0 saturated carbocycles. The number of hydrogen-bond acceptors (Lipinski definition) is 6. The molecule has 2 atom stereocenters. The van der Waals surface area contributed by atoms with Crippen LogP contribution in [-0.4, -0.2) is 62.8 Å². The van der Waals surface area contributed by atoms with Crippen molar-refractivity contribution in [2.75, 3.05) is 40.4 Å². The smallest absolute Gasteiger partial charge is 0.132 e. The summed E-state index contributed by atoms with van der Waals surface area (Å²) in [6, 6.07) is 12.6. The second-order valence-electron chi connectivity index (χ2n) is 8.39. The molecule has 190 valence electrons. The van der Waals surface area contributed by atoms with E-state index in [-0.39, 0.29) is 0 Å². The molecule has 6 nitrogen and oxygen atoms in total. The Labute approximate surface area is 231 Å². The molecule has 0 aliphatic heterocycles. The molecule has 34 heavy (non-hydrogen) atoms. The molecule has 0 aromatic heterocycles. The number of unbranched alkanes of at least 4 members (excludes halogenated alkanes) is 2. The fraction of sp³-hybridized carbons (Fsp3) is 0.538. The zero-order chi connectivity index (χ0) is 24.8. The van der Waals surface area contributed by atoms with Gasteiger partial charge in [0.2, 0.25) is 0 Å². The van der Waals surface area contributed by atoms with Crippen molar-refractivity contribution < 1.29 is 19.7 Å². The van der Waals surface area contributed by atoms with Crippen molar-refractivity contribution in [3.63, 3.8) is 0 Å². The van der Waals surface area contributed by atoms with Crippen molar-refractivity contribution in [2.24, 2.45) is 0 Å². The van der Waals surface area contributed by atoms with Gasteiger partial charge in [-0.05, 0) is 132 Å². The van der Waals surface area contributed by atoms with Crippen molar-refractivity contribution in [2.45, 2.75) is 50.7 Å². The molecule has 0 amide bonds. The Hall–Kier alpha value is -0.660. The third-order valence-electron chi connectivity index (χ3n) is 5.72. The van der Waals surface area contributed by atoms with Crippen LogP contribution in [0.25, 0.3) is 0 Å². The molecule has 0 bridgehead atoms. The number of hydrogen-bond donors (Lipinski definition) is 4. The number of aliphatic hydroxyl groups excluding tert-OH is 2. The van der Waals surface area contributed by atoms with E-state index in [2.05, 4.69) is 80.1 Å². The van der Waals surface area contributed by atoms with Gasteiger partial charge in [0, 0.05) is 13.1 Å². The highest BCUT2D eigenvalue weighted by Crippen LogP contribution is 2.23. The second-order valence-corrected chi connectivity index (χ2v) is 10.7. The summed E-state index contributed by atoms with van der Waals surface area (Å²) < 4.78 is 12.9. The number of nitrogens with one attached hydrogen (secondary N) is 2. The van der Waals surface area contributed by atoms with Gasteiger partial charge in [0.15, 0.2) is 0 Å². The largest absolute Gasteiger partial charge is 0.496 e. The maximum Gasteiger partial charge on any atom is 0.132 e. The zero-order valence-electron chi connectivity index (χ0n) is 20.2. The first kappa shape index (κ1) is 29.6. The first-order valence-corrected chi connectivity index (χ1v) is 14.0. The molecule has 0 aliphatic rings. The molecule has 0 fully saturated rings. The van der Waals surface area contributed by atoms with E-state index in [4.69, 9.17) is 9.47 Å². The van der Waals surface area contributed by atoms with E-state index in [1.807, 2.05) is 12.1 Å². The van der Waals surface area contributed by atoms with Crippen LogP contribution in [0.3, 0.4) is 0 Å². The number of aryl methyl sites for hydroxylation is 2. The minimum atomic E-state index is -0.767. The van der Waals surface area contributed by atoms with E-state index in [9.17, 15) is 10.2 Å². The third-order valence-corrected chi connectivity index (χ3v) is 7.41. The molecule has 2 aromatic rings. The zero-order valence-corrected chi connectivity index (χ0v) is 24.5. The molecule has 0 spiro atoms. The Bertz CT molecular complexity index is 784. The molecule has 2 aromatic carbocycles. The molecule has 0 unspecified atom stereocenters. The van der Waals surface area contributed by atoms with E-state index >= 15 is 0 Å². The van der Waals surface area contributed by atoms with Crippen LogP contribution in [0.1, 0.15) is 36.8 Å². The Kier molecular flexibility index (Phi) is 14.7. The Balaban J connectivity index is 1.48. The average molecular weight is 704 g/mol. The van der Waals surface area contributed by atoms with Gasteiger partial charge in [0.1, 0.15) is 11.5 Å². The van der Waals surface area contributed by atoms with Gasteiger partial charge in [-0.3, -0.25) is 0 Å². The van der Waals surface area contributed by atoms with Crippen molar-refractivity contribution in [1.29, 1.82) is 0 Å². The average Bonchev–Trinajstić information content (AvgIpc) is 2.83. The monoisotopic (exact) mass is 704 g/mol. The Morgan fingerprint density at radius 1 is 0.706 bits per heavy atom. The lowest BCUT2D eigenvalue weighted by Gasteiger charge is -2.19. The molecule has 0 heterocycles.